The summed E-state index contributed by atoms with van der Waals surface area (Å²) in [6.45, 7) is 22.8. The van der Waals surface area contributed by atoms with Gasteiger partial charge in [-0.1, -0.05) is 136 Å². The molecule has 28 heteroatoms. The molecular formula is C104H101BrCl2O25. The van der Waals surface area contributed by atoms with Gasteiger partial charge in [-0.05, 0) is 203 Å². The van der Waals surface area contributed by atoms with E-state index in [1.807, 2.05) is 155 Å². The molecule has 0 aromatic heterocycles. The fourth-order valence-corrected chi connectivity index (χ4v) is 15.9. The van der Waals surface area contributed by atoms with Gasteiger partial charge in [0, 0.05) is 41.4 Å². The van der Waals surface area contributed by atoms with Crippen LogP contribution in [0.2, 0.25) is 10.0 Å². The minimum absolute atomic E-state index is 0.0207. The maximum atomic E-state index is 12.5. The number of alkyl halides is 1. The number of aryl methyl sites for hydroxylation is 3. The van der Waals surface area contributed by atoms with E-state index in [-0.39, 0.29) is 119 Å². The summed E-state index contributed by atoms with van der Waals surface area (Å²) >= 11 is 14.9. The van der Waals surface area contributed by atoms with E-state index in [4.69, 9.17) is 85.5 Å². The molecule has 7 atom stereocenters. The van der Waals surface area contributed by atoms with Gasteiger partial charge in [0.05, 0.1) is 82.9 Å². The van der Waals surface area contributed by atoms with Gasteiger partial charge in [-0.2, -0.15) is 0 Å². The molecule has 7 unspecified atom stereocenters. The first kappa shape index (κ1) is 99.4. The fraction of sp³-hybridized carbons (Fsp3) is 0.308. The second kappa shape index (κ2) is 43.7. The molecule has 0 radical (unpaired) electrons. The number of ketones is 10. The number of carboxylic acids is 1. The van der Waals surface area contributed by atoms with Gasteiger partial charge >= 0.3 is 11.9 Å². The molecule has 9 aliphatic heterocycles. The topological polar surface area (TPSA) is 347 Å². The van der Waals surface area contributed by atoms with Crippen LogP contribution in [0.5, 0.6) is 57.5 Å². The van der Waals surface area contributed by atoms with Crippen LogP contribution in [0, 0.1) is 26.7 Å². The van der Waals surface area contributed by atoms with E-state index in [0.29, 0.717) is 115 Å². The Morgan fingerprint density at radius 3 is 1.49 bits per heavy atom. The summed E-state index contributed by atoms with van der Waals surface area (Å²) in [6.07, 6.45) is -0.733. The molecule has 9 heterocycles. The zero-order valence-electron chi connectivity index (χ0n) is 75.0. The molecule has 688 valence electrons. The summed E-state index contributed by atoms with van der Waals surface area (Å²) in [5.41, 5.74) is 7.90. The van der Waals surface area contributed by atoms with Gasteiger partial charge in [-0.3, -0.25) is 57.5 Å². The minimum atomic E-state index is -1.00. The maximum absolute atomic E-state index is 12.5. The number of benzene rings is 10. The Morgan fingerprint density at radius 2 is 0.909 bits per heavy atom. The zero-order chi connectivity index (χ0) is 95.8. The normalized spacial score (nSPS) is 19.6. The Morgan fingerprint density at radius 1 is 0.439 bits per heavy atom. The van der Waals surface area contributed by atoms with Crippen molar-refractivity contribution in [2.75, 3.05) is 26.9 Å². The Kier molecular flexibility index (Phi) is 32.9. The second-order valence-electron chi connectivity index (χ2n) is 34.0. The van der Waals surface area contributed by atoms with Gasteiger partial charge < -0.3 is 62.3 Å². The number of esters is 1. The summed E-state index contributed by atoms with van der Waals surface area (Å²) in [4.78, 5) is 139. The fourth-order valence-electron chi connectivity index (χ4n) is 15.2. The van der Waals surface area contributed by atoms with Gasteiger partial charge in [-0.25, -0.2) is 0 Å². The number of hydrogen-bond donors (Lipinski definition) is 2. The van der Waals surface area contributed by atoms with Gasteiger partial charge in [0.15, 0.2) is 64.3 Å². The standard InChI is InChI=1S/C17H14O4.C13H16O2.C12H14O2.C11H9ClO4.C11H11ClO2.C11H10O4.C10H9BrO2.C10H10O2.C9H8O3/c1-20-12-7-8-13-15(9-12)21-10-14(17(13)19)16(18)11-5-3-2-4-6-11;1-8-5-9(2)12-10(14)7-13(3,4)15-11(12)6-8;1-8-4-5-11-9(6-8)10(13)7-12(2,3)14-11;12-6-1-2-10-8(3-6)9(13)4-7(16-10)5-11(14)15;1-11(2)6-9(13)8-5-7(12)3-4-10(8)14-11;1-7(12)15-10-6-14-9-5-3-2-4-8(9)11(10)13;1-6-9(11)10(12)7-4-2-3-5-8(7)13-6;1-7-6-9(11)8-4-2-3-5-10(8)12-7;10-7-5-12-8-4-2-1-3-6(8)9(7)11/h2-9,14H,10H2,1H3;5-6H,7H2,1-4H3;4-6H,7H2,1-3H3;1-3,7H,4-5H2,(H,14,15);3-5H,6H2,1-2H3;2-5,10H,6H2,1H3;2-6,9H,1H3;2-5,7H,6H2,1H3;1-4,7,10H,5H2. The number of para-hydroxylation sites is 4. The van der Waals surface area contributed by atoms with Crippen LogP contribution in [0.3, 0.4) is 0 Å². The number of methoxy groups -OCH3 is 1. The highest BCUT2D eigenvalue weighted by Crippen LogP contribution is 2.41. The van der Waals surface area contributed by atoms with Crippen molar-refractivity contribution < 1.29 is 120 Å². The van der Waals surface area contributed by atoms with Gasteiger partial charge in [0.25, 0.3) is 0 Å². The molecule has 10 aromatic rings. The van der Waals surface area contributed by atoms with Gasteiger partial charge in [0.2, 0.25) is 5.78 Å². The van der Waals surface area contributed by atoms with Crippen LogP contribution in [-0.4, -0.2) is 159 Å². The van der Waals surface area contributed by atoms with E-state index in [0.717, 1.165) is 50.6 Å². The Bertz CT molecular complexity index is 5980. The van der Waals surface area contributed by atoms with Crippen molar-refractivity contribution >= 4 is 109 Å². The number of Topliss-reactive ketones (excluding diaryl/α,β-unsaturated/α-hetero) is 10. The summed E-state index contributed by atoms with van der Waals surface area (Å²) in [5, 5.41) is 18.8. The highest BCUT2D eigenvalue weighted by Gasteiger charge is 2.40. The van der Waals surface area contributed by atoms with E-state index in [9.17, 15) is 57.5 Å². The molecule has 0 saturated heterocycles. The maximum Gasteiger partial charge on any atom is 0.307 e. The number of carbonyl (C=O) groups excluding carboxylic acids is 11. The number of aliphatic carboxylic acids is 1. The monoisotopic (exact) mass is 1900 g/mol. The van der Waals surface area contributed by atoms with Gasteiger partial charge in [0.1, 0.15) is 123 Å². The predicted octanol–water partition coefficient (Wildman–Crippen LogP) is 20.1. The van der Waals surface area contributed by atoms with Crippen molar-refractivity contribution in [3.8, 4) is 57.5 Å². The molecule has 0 fully saturated rings. The lowest BCUT2D eigenvalue weighted by atomic mass is 9.88. The lowest BCUT2D eigenvalue weighted by Gasteiger charge is -2.32. The van der Waals surface area contributed by atoms with Crippen molar-refractivity contribution in [3.63, 3.8) is 0 Å². The van der Waals surface area contributed by atoms with Crippen molar-refractivity contribution in [1.82, 2.24) is 0 Å². The number of aliphatic hydroxyl groups is 1. The third-order valence-electron chi connectivity index (χ3n) is 21.3. The lowest BCUT2D eigenvalue weighted by Crippen LogP contribution is -2.36. The summed E-state index contributed by atoms with van der Waals surface area (Å²) in [5.74, 6) is 3.65. The molecular weight excluding hydrogens is 1800 g/mol. The Hall–Kier alpha value is -13.1. The highest BCUT2D eigenvalue weighted by atomic mass is 79.9. The number of fused-ring (bicyclic) bond motifs is 9. The van der Waals surface area contributed by atoms with E-state index in [2.05, 4.69) is 15.9 Å². The number of carbonyl (C=O) groups is 12. The molecule has 0 saturated carbocycles. The van der Waals surface area contributed by atoms with Crippen molar-refractivity contribution in [1.29, 1.82) is 0 Å². The SMILES string of the molecule is CC(=O)OC1COc2ccccc2C1=O.CC1(C)CC(=O)c2cc(Cl)ccc2O1.CC1CC(=O)c2ccccc2O1.CC1Oc2ccccc2C(=O)C1Br.COc1ccc2c(c1)OCC(C(=O)c1ccccc1)C2=O.Cc1cc(C)c2c(c1)OC(C)(C)CC2=O.Cc1ccc2c(c1)C(=O)CC(C)(C)O2.O=C(O)CC1CC(=O)c2cc(Cl)ccc2O1.O=C1c2ccccc2OCC1O. The largest absolute Gasteiger partial charge is 0.497 e. The third kappa shape index (κ3) is 26.0. The average molecular weight is 1900 g/mol. The number of rotatable bonds is 6. The number of aliphatic hydroxyl groups excluding tert-OH is 1. The predicted molar refractivity (Wildman–Crippen MR) is 497 cm³/mol. The number of carboxylic acid groups (broad SMARTS) is 1. The smallest absolute Gasteiger partial charge is 0.307 e. The van der Waals surface area contributed by atoms with E-state index in [1.54, 1.807) is 135 Å². The molecule has 19 rings (SSSR count). The summed E-state index contributed by atoms with van der Waals surface area (Å²) in [7, 11) is 1.55. The minimum Gasteiger partial charge on any atom is -0.497 e. The van der Waals surface area contributed by atoms with Crippen LogP contribution in [0.25, 0.3) is 0 Å². The Labute approximate surface area is 782 Å². The average Bonchev–Trinajstić information content (AvgIpc) is 0.793. The molecule has 25 nitrogen and oxygen atoms in total. The third-order valence-corrected chi connectivity index (χ3v) is 23.0. The van der Waals surface area contributed by atoms with Crippen LogP contribution in [0.1, 0.15) is 221 Å². The Balaban J connectivity index is 0.000000144. The lowest BCUT2D eigenvalue weighted by molar-refractivity contribution is -0.145. The first-order valence-electron chi connectivity index (χ1n) is 42.5. The van der Waals surface area contributed by atoms with Crippen LogP contribution < -0.4 is 47.4 Å². The number of halogens is 3. The van der Waals surface area contributed by atoms with Gasteiger partial charge in [-0.15, -0.1) is 0 Å². The molecule has 0 spiro atoms. The quantitative estimate of drug-likeness (QED) is 0.0676. The first-order chi connectivity index (χ1) is 62.5. The van der Waals surface area contributed by atoms with Crippen LogP contribution >= 0.6 is 39.1 Å². The van der Waals surface area contributed by atoms with Crippen molar-refractivity contribution in [3.05, 3.63) is 295 Å². The molecule has 0 amide bonds. The zero-order valence-corrected chi connectivity index (χ0v) is 78.1. The molecule has 132 heavy (non-hydrogen) atoms. The van der Waals surface area contributed by atoms with E-state index >= 15 is 0 Å². The first-order valence-corrected chi connectivity index (χ1v) is 44.2. The summed E-state index contributed by atoms with van der Waals surface area (Å²) in [6, 6.07) is 61.9. The molecule has 10 aromatic carbocycles. The summed E-state index contributed by atoms with van der Waals surface area (Å²) < 4.78 is 59.6. The van der Waals surface area contributed by atoms with E-state index in [1.165, 1.54) is 13.0 Å². The molecule has 9 aliphatic rings. The van der Waals surface area contributed by atoms with Crippen LogP contribution in [0.4, 0.5) is 0 Å². The van der Waals surface area contributed by atoms with E-state index < -0.39 is 41.8 Å². The highest BCUT2D eigenvalue weighted by molar-refractivity contribution is 9.10. The second-order valence-corrected chi connectivity index (χ2v) is 35.9. The van der Waals surface area contributed by atoms with Crippen LogP contribution in [0.15, 0.2) is 212 Å². The number of ether oxygens (including phenoxy) is 11. The molecule has 2 N–H and O–H groups in total. The van der Waals surface area contributed by atoms with Crippen LogP contribution in [-0.2, 0) is 14.3 Å². The van der Waals surface area contributed by atoms with Crippen molar-refractivity contribution in [2.45, 2.75) is 174 Å². The van der Waals surface area contributed by atoms with Crippen molar-refractivity contribution in [2.24, 2.45) is 5.92 Å². The molecule has 0 bridgehead atoms. The number of hydrogen-bond acceptors (Lipinski definition) is 24. The molecule has 0 aliphatic carbocycles.